The lowest BCUT2D eigenvalue weighted by molar-refractivity contribution is -0.128. The first kappa shape index (κ1) is 25.6. The first-order chi connectivity index (χ1) is 17.6. The summed E-state index contributed by atoms with van der Waals surface area (Å²) in [7, 11) is 3.15. The number of rotatable bonds is 10. The van der Waals surface area contributed by atoms with Gasteiger partial charge in [0.2, 0.25) is 11.8 Å². The summed E-state index contributed by atoms with van der Waals surface area (Å²) in [5, 5.41) is 2.91. The van der Waals surface area contributed by atoms with Gasteiger partial charge in [0.15, 0.2) is 11.5 Å². The molecular weight excluding hydrogens is 458 g/mol. The molecule has 0 aliphatic carbocycles. The van der Waals surface area contributed by atoms with Crippen LogP contribution in [0, 0.1) is 0 Å². The highest BCUT2D eigenvalue weighted by Crippen LogP contribution is 2.32. The van der Waals surface area contributed by atoms with Crippen LogP contribution in [0.1, 0.15) is 36.8 Å². The number of carbonyl (C=O) groups is 2. The smallest absolute Gasteiger partial charge is 0.230 e. The van der Waals surface area contributed by atoms with E-state index in [1.165, 1.54) is 19.3 Å². The molecule has 2 aromatic rings. The van der Waals surface area contributed by atoms with E-state index in [1.54, 1.807) is 25.3 Å². The van der Waals surface area contributed by atoms with E-state index in [9.17, 15) is 9.59 Å². The van der Waals surface area contributed by atoms with E-state index >= 15 is 0 Å². The maximum absolute atomic E-state index is 12.8. The summed E-state index contributed by atoms with van der Waals surface area (Å²) < 4.78 is 16.6. The van der Waals surface area contributed by atoms with Crippen molar-refractivity contribution < 1.29 is 23.8 Å². The topological polar surface area (TPSA) is 80.3 Å². The van der Waals surface area contributed by atoms with Crippen molar-refractivity contribution in [3.05, 3.63) is 53.7 Å². The summed E-state index contributed by atoms with van der Waals surface area (Å²) >= 11 is 0. The molecule has 8 nitrogen and oxygen atoms in total. The molecule has 2 heterocycles. The predicted octanol–water partition coefficient (Wildman–Crippen LogP) is 3.95. The Morgan fingerprint density at radius 3 is 2.56 bits per heavy atom. The Kier molecular flexibility index (Phi) is 8.84. The molecule has 0 unspecified atom stereocenters. The summed E-state index contributed by atoms with van der Waals surface area (Å²) in [5.74, 6) is 1.70. The number of amides is 2. The Bertz CT molecular complexity index is 1090. The van der Waals surface area contributed by atoms with Crippen LogP contribution >= 0.6 is 0 Å². The predicted molar refractivity (Wildman–Crippen MR) is 139 cm³/mol. The maximum atomic E-state index is 12.8. The van der Waals surface area contributed by atoms with Crippen molar-refractivity contribution in [3.63, 3.8) is 0 Å². The summed E-state index contributed by atoms with van der Waals surface area (Å²) in [5.41, 5.74) is 2.43. The third-order valence-corrected chi connectivity index (χ3v) is 6.56. The van der Waals surface area contributed by atoms with Gasteiger partial charge < -0.3 is 24.4 Å². The molecular formula is C28H35N3O5. The number of nitrogens with zero attached hydrogens (tertiary/aromatic N) is 2. The maximum Gasteiger partial charge on any atom is 0.230 e. The Labute approximate surface area is 212 Å². The number of methoxy groups -OCH3 is 2. The van der Waals surface area contributed by atoms with Gasteiger partial charge in [-0.1, -0.05) is 12.5 Å². The van der Waals surface area contributed by atoms with Crippen LogP contribution in [0.5, 0.6) is 17.2 Å². The number of likely N-dealkylation sites (tertiary alicyclic amines) is 1. The molecule has 0 spiro atoms. The third kappa shape index (κ3) is 6.79. The van der Waals surface area contributed by atoms with E-state index in [1.807, 2.05) is 42.5 Å². The van der Waals surface area contributed by atoms with E-state index in [4.69, 9.17) is 14.2 Å². The highest BCUT2D eigenvalue weighted by Gasteiger charge is 2.20. The molecule has 0 atom stereocenters. The number of ether oxygens (including phenoxy) is 3. The molecule has 0 saturated carbocycles. The molecule has 1 N–H and O–H groups in total. The molecule has 1 fully saturated rings. The van der Waals surface area contributed by atoms with Crippen molar-refractivity contribution >= 4 is 23.6 Å². The minimum atomic E-state index is -0.160. The van der Waals surface area contributed by atoms with Crippen molar-refractivity contribution in [2.75, 3.05) is 52.3 Å². The third-order valence-electron chi connectivity index (χ3n) is 6.56. The average Bonchev–Trinajstić information content (AvgIpc) is 3.04. The zero-order chi connectivity index (χ0) is 25.3. The number of nitrogens with one attached hydrogen (secondary N) is 1. The van der Waals surface area contributed by atoms with Crippen LogP contribution in [0.4, 0.5) is 5.69 Å². The molecule has 2 amide bonds. The van der Waals surface area contributed by atoms with Gasteiger partial charge in [0, 0.05) is 37.5 Å². The van der Waals surface area contributed by atoms with Gasteiger partial charge >= 0.3 is 0 Å². The summed E-state index contributed by atoms with van der Waals surface area (Å²) in [6.45, 7) is 4.11. The quantitative estimate of drug-likeness (QED) is 0.540. The number of hydrogen-bond acceptors (Lipinski definition) is 6. The second-order valence-electron chi connectivity index (χ2n) is 9.06. The molecule has 36 heavy (non-hydrogen) atoms. The Hall–Kier alpha value is -3.52. The minimum Gasteiger partial charge on any atom is -0.493 e. The number of carbonyl (C=O) groups excluding carboxylic acids is 2. The Morgan fingerprint density at radius 2 is 1.78 bits per heavy atom. The second-order valence-corrected chi connectivity index (χ2v) is 9.06. The normalized spacial score (nSPS) is 15.7. The number of hydrogen-bond donors (Lipinski definition) is 1. The number of fused-ring (bicyclic) bond motifs is 1. The lowest BCUT2D eigenvalue weighted by Crippen LogP contribution is -2.33. The Balaban J connectivity index is 1.27. The fraction of sp³-hybridized carbons (Fsp3) is 0.429. The summed E-state index contributed by atoms with van der Waals surface area (Å²) in [6.07, 6.45) is 7.84. The van der Waals surface area contributed by atoms with Gasteiger partial charge in [0.05, 0.1) is 20.6 Å². The van der Waals surface area contributed by atoms with Gasteiger partial charge in [-0.2, -0.15) is 0 Å². The van der Waals surface area contributed by atoms with Crippen molar-refractivity contribution in [1.82, 2.24) is 9.80 Å². The molecule has 0 bridgehead atoms. The van der Waals surface area contributed by atoms with Gasteiger partial charge in [-0.3, -0.25) is 14.5 Å². The summed E-state index contributed by atoms with van der Waals surface area (Å²) in [6, 6.07) is 11.1. The molecule has 2 aromatic carbocycles. The zero-order valence-corrected chi connectivity index (χ0v) is 21.1. The highest BCUT2D eigenvalue weighted by molar-refractivity contribution is 5.91. The van der Waals surface area contributed by atoms with E-state index < -0.39 is 0 Å². The van der Waals surface area contributed by atoms with Gasteiger partial charge in [-0.05, 0) is 67.4 Å². The first-order valence-electron chi connectivity index (χ1n) is 12.5. The number of piperidine rings is 1. The van der Waals surface area contributed by atoms with Crippen molar-refractivity contribution in [2.24, 2.45) is 0 Å². The van der Waals surface area contributed by atoms with Gasteiger partial charge in [0.25, 0.3) is 0 Å². The van der Waals surface area contributed by atoms with E-state index in [-0.39, 0.29) is 31.2 Å². The molecule has 0 radical (unpaired) electrons. The zero-order valence-electron chi connectivity index (χ0n) is 21.1. The number of benzene rings is 2. The van der Waals surface area contributed by atoms with Crippen LogP contribution in [0.25, 0.3) is 6.08 Å². The number of anilines is 1. The van der Waals surface area contributed by atoms with E-state index in [0.29, 0.717) is 23.8 Å². The van der Waals surface area contributed by atoms with Crippen molar-refractivity contribution in [2.45, 2.75) is 32.1 Å². The molecule has 0 aromatic heterocycles. The van der Waals surface area contributed by atoms with Gasteiger partial charge in [-0.15, -0.1) is 0 Å². The van der Waals surface area contributed by atoms with Gasteiger partial charge in [-0.25, -0.2) is 0 Å². The van der Waals surface area contributed by atoms with E-state index in [0.717, 1.165) is 36.5 Å². The molecule has 8 heteroatoms. The SMILES string of the molecule is COc1cc2c(cc1OC)CC(=O)N(CCC(=O)Nc1cccc(OCCN3CCCCC3)c1)C=C2. The molecule has 2 aliphatic rings. The molecule has 4 rings (SSSR count). The standard InChI is InChI=1S/C28H35N3O5/c1-34-25-17-21-9-13-31(28(33)19-22(21)18-26(25)35-2)14-10-27(32)29-23-7-6-8-24(20-23)36-16-15-30-11-4-3-5-12-30/h6-9,13,17-18,20H,3-5,10-12,14-16,19H2,1-2H3,(H,29,32). The second kappa shape index (κ2) is 12.4. The van der Waals surface area contributed by atoms with Crippen molar-refractivity contribution in [3.8, 4) is 17.2 Å². The minimum absolute atomic E-state index is 0.0749. The monoisotopic (exact) mass is 493 g/mol. The lowest BCUT2D eigenvalue weighted by atomic mass is 10.0. The average molecular weight is 494 g/mol. The van der Waals surface area contributed by atoms with Crippen LogP contribution in [-0.4, -0.2) is 68.6 Å². The van der Waals surface area contributed by atoms with Gasteiger partial charge in [0.1, 0.15) is 12.4 Å². The Morgan fingerprint density at radius 1 is 1.00 bits per heavy atom. The molecule has 1 saturated heterocycles. The van der Waals surface area contributed by atoms with Crippen LogP contribution in [0.15, 0.2) is 42.6 Å². The fourth-order valence-corrected chi connectivity index (χ4v) is 4.55. The molecule has 192 valence electrons. The van der Waals surface area contributed by atoms with Crippen LogP contribution in [0.2, 0.25) is 0 Å². The largest absolute Gasteiger partial charge is 0.493 e. The lowest BCUT2D eigenvalue weighted by Gasteiger charge is -2.26. The first-order valence-corrected chi connectivity index (χ1v) is 12.5. The fourth-order valence-electron chi connectivity index (χ4n) is 4.55. The van der Waals surface area contributed by atoms with Crippen LogP contribution in [0.3, 0.4) is 0 Å². The molecule has 2 aliphatic heterocycles. The van der Waals surface area contributed by atoms with Crippen molar-refractivity contribution in [1.29, 1.82) is 0 Å². The van der Waals surface area contributed by atoms with Crippen LogP contribution < -0.4 is 19.5 Å². The van der Waals surface area contributed by atoms with E-state index in [2.05, 4.69) is 10.2 Å². The summed E-state index contributed by atoms with van der Waals surface area (Å²) in [4.78, 5) is 29.4. The van der Waals surface area contributed by atoms with Crippen LogP contribution in [-0.2, 0) is 16.0 Å². The highest BCUT2D eigenvalue weighted by atomic mass is 16.5.